The van der Waals surface area contributed by atoms with Crippen LogP contribution in [0.4, 0.5) is 0 Å². The van der Waals surface area contributed by atoms with Gasteiger partial charge in [-0.15, -0.1) is 0 Å². The number of aliphatic hydroxyl groups excluding tert-OH is 1. The van der Waals surface area contributed by atoms with Crippen molar-refractivity contribution in [2.45, 2.75) is 140 Å². The van der Waals surface area contributed by atoms with E-state index in [-0.39, 0.29) is 11.7 Å². The number of aliphatic hydroxyl groups is 2. The standard InChI is InChI=1S/C23H41NO6.C4H10.2C2H6/c1-10-17-23(7,28)20(26)15(4)18(24-8)13(2)11-22(6,29-9)12-14(3)19(25)16(5)21(27)30-17;1-4(2)3;2*1-2/h13-17,20,26,28H,10-12H2,1-9H3;4H,1-3H3;2*1-2H3/t13-,14-,15?,16?,17-,20?,22-,23-;;;/m1.../s1. The number of Topliss-reactive ketones (excluding diaryl/α,β-unsaturated/α-hetero) is 1. The Morgan fingerprint density at radius 2 is 1.42 bits per heavy atom. The van der Waals surface area contributed by atoms with E-state index < -0.39 is 47.1 Å². The van der Waals surface area contributed by atoms with E-state index in [4.69, 9.17) is 9.47 Å². The molecule has 2 N–H and O–H groups in total. The van der Waals surface area contributed by atoms with Crippen molar-refractivity contribution in [1.82, 2.24) is 0 Å². The normalized spacial score (nSPS) is 35.9. The highest BCUT2D eigenvalue weighted by molar-refractivity contribution is 5.99. The minimum absolute atomic E-state index is 0.0503. The van der Waals surface area contributed by atoms with Crippen LogP contribution in [0.1, 0.15) is 116 Å². The molecule has 0 bridgehead atoms. The molecule has 0 aromatic carbocycles. The van der Waals surface area contributed by atoms with E-state index in [0.29, 0.717) is 19.3 Å². The Balaban J connectivity index is -0.00000136. The van der Waals surface area contributed by atoms with Gasteiger partial charge in [0.2, 0.25) is 0 Å². The quantitative estimate of drug-likeness (QED) is 0.302. The second-order valence-electron chi connectivity index (χ2n) is 11.2. The number of hydrogen-bond acceptors (Lipinski definition) is 7. The number of carbonyl (C=O) groups is 2. The number of aliphatic imine (C=N–C) groups is 1. The van der Waals surface area contributed by atoms with Crippen LogP contribution in [0.2, 0.25) is 0 Å². The average Bonchev–Trinajstić information content (AvgIpc) is 2.87. The van der Waals surface area contributed by atoms with E-state index in [1.54, 1.807) is 28.0 Å². The minimum Gasteiger partial charge on any atom is -0.459 e. The monoisotopic (exact) mass is 545 g/mol. The third-order valence-corrected chi connectivity index (χ3v) is 6.82. The lowest BCUT2D eigenvalue weighted by Gasteiger charge is -2.41. The highest BCUT2D eigenvalue weighted by Gasteiger charge is 2.46. The second-order valence-corrected chi connectivity index (χ2v) is 11.2. The van der Waals surface area contributed by atoms with Crippen molar-refractivity contribution in [3.05, 3.63) is 0 Å². The van der Waals surface area contributed by atoms with Crippen LogP contribution in [0.25, 0.3) is 0 Å². The van der Waals surface area contributed by atoms with Gasteiger partial charge in [-0.05, 0) is 51.9 Å². The smallest absolute Gasteiger partial charge is 0.316 e. The van der Waals surface area contributed by atoms with Gasteiger partial charge in [0.25, 0.3) is 0 Å². The molecule has 38 heavy (non-hydrogen) atoms. The second kappa shape index (κ2) is 19.7. The predicted octanol–water partition coefficient (Wildman–Crippen LogP) is 6.52. The van der Waals surface area contributed by atoms with Crippen molar-refractivity contribution in [2.75, 3.05) is 14.2 Å². The maximum atomic E-state index is 12.9. The predicted molar refractivity (Wildman–Crippen MR) is 160 cm³/mol. The average molecular weight is 546 g/mol. The molecule has 8 atom stereocenters. The van der Waals surface area contributed by atoms with Gasteiger partial charge >= 0.3 is 5.97 Å². The van der Waals surface area contributed by atoms with Crippen molar-refractivity contribution in [3.8, 4) is 0 Å². The Morgan fingerprint density at radius 3 is 1.79 bits per heavy atom. The minimum atomic E-state index is -1.71. The first-order valence-electron chi connectivity index (χ1n) is 14.6. The van der Waals surface area contributed by atoms with E-state index in [1.807, 2.05) is 48.5 Å². The molecule has 7 heteroatoms. The van der Waals surface area contributed by atoms with Crippen molar-refractivity contribution < 1.29 is 29.3 Å². The Labute approximate surface area is 235 Å². The number of nitrogens with zero attached hydrogens (tertiary/aromatic N) is 1. The van der Waals surface area contributed by atoms with Crippen molar-refractivity contribution in [1.29, 1.82) is 0 Å². The van der Waals surface area contributed by atoms with Crippen LogP contribution in [0.15, 0.2) is 4.99 Å². The first-order chi connectivity index (χ1) is 17.5. The molecule has 0 spiro atoms. The van der Waals surface area contributed by atoms with Gasteiger partial charge in [-0.2, -0.15) is 0 Å². The molecule has 0 saturated carbocycles. The van der Waals surface area contributed by atoms with E-state index in [9.17, 15) is 19.8 Å². The SMILES string of the molecule is CC.CC.CC(C)C.CC[C@H]1OC(=O)C(C)C(=O)[C@H](C)C[C@](C)(OC)C[C@@H](C)C(=NC)C(C)C(O)[C@]1(C)O. The van der Waals surface area contributed by atoms with Crippen molar-refractivity contribution >= 4 is 17.5 Å². The highest BCUT2D eigenvalue weighted by Crippen LogP contribution is 2.34. The number of rotatable bonds is 2. The summed E-state index contributed by atoms with van der Waals surface area (Å²) in [6, 6.07) is 0. The Morgan fingerprint density at radius 1 is 1.00 bits per heavy atom. The van der Waals surface area contributed by atoms with Crippen LogP contribution >= 0.6 is 0 Å². The fraction of sp³-hybridized carbons (Fsp3) is 0.903. The molecular weight excluding hydrogens is 482 g/mol. The number of carbonyl (C=O) groups excluding carboxylic acids is 2. The van der Waals surface area contributed by atoms with Crippen LogP contribution in [-0.2, 0) is 19.1 Å². The lowest BCUT2D eigenvalue weighted by atomic mass is 9.75. The number of esters is 1. The fourth-order valence-electron chi connectivity index (χ4n) is 4.88. The van der Waals surface area contributed by atoms with Gasteiger partial charge < -0.3 is 19.7 Å². The fourth-order valence-corrected chi connectivity index (χ4v) is 4.88. The summed E-state index contributed by atoms with van der Waals surface area (Å²) in [6.07, 6.45) is -0.822. The Hall–Kier alpha value is -1.31. The van der Waals surface area contributed by atoms with E-state index in [0.717, 1.165) is 11.6 Å². The molecule has 1 heterocycles. The van der Waals surface area contributed by atoms with Crippen LogP contribution in [0.5, 0.6) is 0 Å². The lowest BCUT2D eigenvalue weighted by molar-refractivity contribution is -0.186. The van der Waals surface area contributed by atoms with E-state index >= 15 is 0 Å². The molecular formula is C31H63NO6. The van der Waals surface area contributed by atoms with Gasteiger partial charge in [-0.1, -0.05) is 76.2 Å². The zero-order valence-electron chi connectivity index (χ0n) is 27.6. The Kier molecular flexibility index (Phi) is 21.3. The van der Waals surface area contributed by atoms with E-state index in [1.165, 1.54) is 13.8 Å². The summed E-state index contributed by atoms with van der Waals surface area (Å²) in [7, 11) is 3.28. The van der Waals surface area contributed by atoms with E-state index in [2.05, 4.69) is 25.8 Å². The molecule has 0 amide bonds. The first-order valence-corrected chi connectivity index (χ1v) is 14.6. The summed E-state index contributed by atoms with van der Waals surface area (Å²) in [4.78, 5) is 30.0. The summed E-state index contributed by atoms with van der Waals surface area (Å²) < 4.78 is 11.3. The van der Waals surface area contributed by atoms with Crippen LogP contribution in [0, 0.1) is 29.6 Å². The summed E-state index contributed by atoms with van der Waals surface area (Å²) in [6.45, 7) is 26.8. The molecule has 1 rings (SSSR count). The number of ketones is 1. The molecule has 1 fully saturated rings. The molecule has 0 radical (unpaired) electrons. The van der Waals surface area contributed by atoms with Gasteiger partial charge in [0, 0.05) is 31.7 Å². The summed E-state index contributed by atoms with van der Waals surface area (Å²) >= 11 is 0. The zero-order chi connectivity index (χ0) is 31.0. The number of cyclic esters (lactones) is 1. The van der Waals surface area contributed by atoms with Gasteiger partial charge in [0.1, 0.15) is 23.4 Å². The molecule has 228 valence electrons. The maximum Gasteiger partial charge on any atom is 0.316 e. The number of hydrogen-bond donors (Lipinski definition) is 2. The summed E-state index contributed by atoms with van der Waals surface area (Å²) in [5.74, 6) is -1.96. The molecule has 0 aliphatic carbocycles. The largest absolute Gasteiger partial charge is 0.459 e. The van der Waals surface area contributed by atoms with Crippen LogP contribution < -0.4 is 0 Å². The van der Waals surface area contributed by atoms with Crippen molar-refractivity contribution in [2.24, 2.45) is 34.6 Å². The molecule has 0 aromatic heterocycles. The number of methoxy groups -OCH3 is 1. The van der Waals surface area contributed by atoms with Crippen molar-refractivity contribution in [3.63, 3.8) is 0 Å². The summed E-state index contributed by atoms with van der Waals surface area (Å²) in [5, 5.41) is 22.2. The highest BCUT2D eigenvalue weighted by atomic mass is 16.6. The Bertz CT molecular complexity index is 687. The maximum absolute atomic E-state index is 12.9. The van der Waals surface area contributed by atoms with Gasteiger partial charge in [-0.25, -0.2) is 0 Å². The third-order valence-electron chi connectivity index (χ3n) is 6.82. The van der Waals surface area contributed by atoms with Crippen LogP contribution in [-0.4, -0.2) is 65.2 Å². The molecule has 0 aromatic rings. The van der Waals surface area contributed by atoms with Crippen LogP contribution in [0.3, 0.4) is 0 Å². The third kappa shape index (κ3) is 12.7. The molecule has 1 aliphatic heterocycles. The molecule has 1 saturated heterocycles. The molecule has 7 nitrogen and oxygen atoms in total. The van der Waals surface area contributed by atoms with Gasteiger partial charge in [0.15, 0.2) is 0 Å². The number of ether oxygens (including phenoxy) is 2. The first kappa shape index (κ1) is 41.2. The zero-order valence-corrected chi connectivity index (χ0v) is 27.6. The lowest BCUT2D eigenvalue weighted by Crippen LogP contribution is -2.56. The summed E-state index contributed by atoms with van der Waals surface area (Å²) in [5.41, 5.74) is -1.57. The topological polar surface area (TPSA) is 105 Å². The van der Waals surface area contributed by atoms with Gasteiger partial charge in [-0.3, -0.25) is 14.6 Å². The molecule has 1 aliphatic rings. The molecule has 3 unspecified atom stereocenters. The van der Waals surface area contributed by atoms with Gasteiger partial charge in [0.05, 0.1) is 11.7 Å².